The Balaban J connectivity index is 1.72. The summed E-state index contributed by atoms with van der Waals surface area (Å²) in [6.45, 7) is 11.5. The Morgan fingerprint density at radius 2 is 1.73 bits per heavy atom. The highest BCUT2D eigenvalue weighted by molar-refractivity contribution is 5.97. The van der Waals surface area contributed by atoms with Crippen molar-refractivity contribution in [2.75, 3.05) is 18.1 Å². The summed E-state index contributed by atoms with van der Waals surface area (Å²) in [5.41, 5.74) is 4.19. The smallest absolute Gasteiger partial charge is 0.0998 e. The summed E-state index contributed by atoms with van der Waals surface area (Å²) >= 11 is 0. The lowest BCUT2D eigenvalue weighted by molar-refractivity contribution is 0.247. The minimum absolute atomic E-state index is 0.0237. The largest absolute Gasteiger partial charge is 0.305 e. The maximum absolute atomic E-state index is 9.54. The predicted octanol–water partition coefficient (Wildman–Crippen LogP) is 5.38. The molecule has 1 aliphatic heterocycles. The van der Waals surface area contributed by atoms with Crippen molar-refractivity contribution in [1.82, 2.24) is 14.8 Å². The minimum atomic E-state index is -0.0237. The van der Waals surface area contributed by atoms with Gasteiger partial charge in [-0.3, -0.25) is 4.68 Å². The maximum atomic E-state index is 9.54. The van der Waals surface area contributed by atoms with Crippen molar-refractivity contribution in [3.63, 3.8) is 0 Å². The van der Waals surface area contributed by atoms with Crippen LogP contribution in [0.1, 0.15) is 57.0 Å². The third-order valence-electron chi connectivity index (χ3n) is 5.85. The molecular weight excluding hydrogens is 370 g/mol. The van der Waals surface area contributed by atoms with Gasteiger partial charge in [0.15, 0.2) is 0 Å². The Hall–Kier alpha value is -2.84. The Labute approximate surface area is 179 Å². The highest BCUT2D eigenvalue weighted by Gasteiger charge is 2.24. The standard InChI is InChI=1S/C25H31N5/c1-19-16-21(27-30(19)25(2,3)4)18-28-14-8-5-9-15-29(28)24-13-12-20(17-26)22-10-6-7-11-23(22)24/h6-7,10-13,16H,5,8-9,14-15,18H2,1-4H3. The number of fused-ring (bicyclic) bond motifs is 1. The second-order valence-electron chi connectivity index (χ2n) is 9.22. The molecule has 2 heterocycles. The predicted molar refractivity (Wildman–Crippen MR) is 122 cm³/mol. The summed E-state index contributed by atoms with van der Waals surface area (Å²) in [5.74, 6) is 0. The van der Waals surface area contributed by atoms with Gasteiger partial charge in [0.2, 0.25) is 0 Å². The van der Waals surface area contributed by atoms with Crippen LogP contribution in [-0.4, -0.2) is 27.9 Å². The summed E-state index contributed by atoms with van der Waals surface area (Å²) in [7, 11) is 0. The van der Waals surface area contributed by atoms with Gasteiger partial charge < -0.3 is 5.01 Å². The zero-order valence-corrected chi connectivity index (χ0v) is 18.5. The van der Waals surface area contributed by atoms with E-state index < -0.39 is 0 Å². The van der Waals surface area contributed by atoms with Gasteiger partial charge in [0.05, 0.1) is 35.1 Å². The molecule has 5 nitrogen and oxygen atoms in total. The molecule has 4 rings (SSSR count). The molecule has 1 aromatic heterocycles. The van der Waals surface area contributed by atoms with Crippen molar-refractivity contribution in [2.45, 2.75) is 59.0 Å². The highest BCUT2D eigenvalue weighted by atomic mass is 15.6. The van der Waals surface area contributed by atoms with E-state index in [1.54, 1.807) is 0 Å². The Bertz CT molecular complexity index is 1080. The van der Waals surface area contributed by atoms with Crippen LogP contribution in [0.4, 0.5) is 5.69 Å². The van der Waals surface area contributed by atoms with E-state index in [9.17, 15) is 5.26 Å². The van der Waals surface area contributed by atoms with Crippen molar-refractivity contribution in [3.05, 3.63) is 59.4 Å². The molecule has 1 fully saturated rings. The van der Waals surface area contributed by atoms with Crippen LogP contribution >= 0.6 is 0 Å². The number of anilines is 1. The topological polar surface area (TPSA) is 48.1 Å². The molecule has 30 heavy (non-hydrogen) atoms. The number of hydrogen-bond acceptors (Lipinski definition) is 4. The number of rotatable bonds is 3. The molecule has 0 amide bonds. The molecular formula is C25H31N5. The third kappa shape index (κ3) is 3.93. The molecule has 5 heteroatoms. The second-order valence-corrected chi connectivity index (χ2v) is 9.22. The van der Waals surface area contributed by atoms with E-state index in [2.05, 4.69) is 72.7 Å². The van der Waals surface area contributed by atoms with Crippen LogP contribution < -0.4 is 5.01 Å². The first-order valence-electron chi connectivity index (χ1n) is 10.9. The average molecular weight is 402 g/mol. The molecule has 2 aromatic carbocycles. The third-order valence-corrected chi connectivity index (χ3v) is 5.85. The number of aryl methyl sites for hydroxylation is 1. The van der Waals surface area contributed by atoms with E-state index >= 15 is 0 Å². The van der Waals surface area contributed by atoms with Gasteiger partial charge in [0, 0.05) is 29.6 Å². The molecule has 0 radical (unpaired) electrons. The number of hydrogen-bond donors (Lipinski definition) is 0. The van der Waals surface area contributed by atoms with Gasteiger partial charge in [-0.25, -0.2) is 5.01 Å². The number of nitriles is 1. The molecule has 0 unspecified atom stereocenters. The van der Waals surface area contributed by atoms with Gasteiger partial charge in [-0.05, 0) is 58.7 Å². The van der Waals surface area contributed by atoms with Crippen molar-refractivity contribution < 1.29 is 0 Å². The number of benzene rings is 2. The summed E-state index contributed by atoms with van der Waals surface area (Å²) in [5, 5.41) is 21.5. The summed E-state index contributed by atoms with van der Waals surface area (Å²) in [4.78, 5) is 0. The number of hydrazine groups is 1. The van der Waals surface area contributed by atoms with Crippen molar-refractivity contribution in [1.29, 1.82) is 5.26 Å². The summed E-state index contributed by atoms with van der Waals surface area (Å²) in [6.07, 6.45) is 3.58. The van der Waals surface area contributed by atoms with E-state index in [1.807, 2.05) is 18.2 Å². The fraction of sp³-hybridized carbons (Fsp3) is 0.440. The van der Waals surface area contributed by atoms with E-state index in [0.717, 1.165) is 41.7 Å². The summed E-state index contributed by atoms with van der Waals surface area (Å²) < 4.78 is 2.13. The van der Waals surface area contributed by atoms with E-state index in [0.29, 0.717) is 0 Å². The first kappa shape index (κ1) is 20.4. The first-order valence-corrected chi connectivity index (χ1v) is 10.9. The number of aromatic nitrogens is 2. The average Bonchev–Trinajstić information content (AvgIpc) is 2.95. The Kier molecular flexibility index (Phi) is 5.53. The number of nitrogens with zero attached hydrogens (tertiary/aromatic N) is 5. The lowest BCUT2D eigenvalue weighted by atomic mass is 10.0. The fourth-order valence-electron chi connectivity index (χ4n) is 4.52. The zero-order chi connectivity index (χ0) is 21.3. The molecule has 3 aromatic rings. The molecule has 0 aliphatic carbocycles. The fourth-order valence-corrected chi connectivity index (χ4v) is 4.52. The van der Waals surface area contributed by atoms with Crippen LogP contribution in [-0.2, 0) is 12.1 Å². The molecule has 156 valence electrons. The van der Waals surface area contributed by atoms with Crippen molar-refractivity contribution in [3.8, 4) is 6.07 Å². The minimum Gasteiger partial charge on any atom is -0.305 e. The van der Waals surface area contributed by atoms with E-state index in [1.165, 1.54) is 30.6 Å². The van der Waals surface area contributed by atoms with Gasteiger partial charge in [0.1, 0.15) is 0 Å². The van der Waals surface area contributed by atoms with Crippen LogP contribution in [0.15, 0.2) is 42.5 Å². The lowest BCUT2D eigenvalue weighted by Crippen LogP contribution is -2.42. The van der Waals surface area contributed by atoms with E-state index in [-0.39, 0.29) is 5.54 Å². The highest BCUT2D eigenvalue weighted by Crippen LogP contribution is 2.32. The van der Waals surface area contributed by atoms with Crippen molar-refractivity contribution >= 4 is 16.5 Å². The van der Waals surface area contributed by atoms with Gasteiger partial charge in [-0.15, -0.1) is 0 Å². The normalized spacial score (nSPS) is 15.9. The molecule has 0 bridgehead atoms. The van der Waals surface area contributed by atoms with Gasteiger partial charge in [-0.2, -0.15) is 10.4 Å². The molecule has 0 spiro atoms. The SMILES string of the molecule is Cc1cc(CN2CCCCCN2c2ccc(C#N)c3ccccc23)nn1C(C)(C)C. The lowest BCUT2D eigenvalue weighted by Gasteiger charge is -2.35. The molecule has 0 saturated carbocycles. The first-order chi connectivity index (χ1) is 14.4. The van der Waals surface area contributed by atoms with Crippen LogP contribution in [0.25, 0.3) is 10.8 Å². The van der Waals surface area contributed by atoms with Gasteiger partial charge >= 0.3 is 0 Å². The van der Waals surface area contributed by atoms with Gasteiger partial charge in [0.25, 0.3) is 0 Å². The quantitative estimate of drug-likeness (QED) is 0.591. The van der Waals surface area contributed by atoms with Crippen LogP contribution in [0.3, 0.4) is 0 Å². The zero-order valence-electron chi connectivity index (χ0n) is 18.5. The van der Waals surface area contributed by atoms with Gasteiger partial charge in [-0.1, -0.05) is 30.7 Å². The Morgan fingerprint density at radius 3 is 2.43 bits per heavy atom. The van der Waals surface area contributed by atoms with Crippen molar-refractivity contribution in [2.24, 2.45) is 0 Å². The molecule has 1 saturated heterocycles. The van der Waals surface area contributed by atoms with Crippen LogP contribution in [0.2, 0.25) is 0 Å². The Morgan fingerprint density at radius 1 is 1.00 bits per heavy atom. The maximum Gasteiger partial charge on any atom is 0.0998 e. The monoisotopic (exact) mass is 401 g/mol. The van der Waals surface area contributed by atoms with Crippen LogP contribution in [0, 0.1) is 18.3 Å². The molecule has 1 aliphatic rings. The molecule has 0 N–H and O–H groups in total. The van der Waals surface area contributed by atoms with Crippen LogP contribution in [0.5, 0.6) is 0 Å². The summed E-state index contributed by atoms with van der Waals surface area (Å²) in [6, 6.07) is 16.9. The van der Waals surface area contributed by atoms with E-state index in [4.69, 9.17) is 5.10 Å². The molecule has 0 atom stereocenters. The second kappa shape index (κ2) is 8.12.